The van der Waals surface area contributed by atoms with Gasteiger partial charge in [0.05, 0.1) is 6.42 Å². The van der Waals surface area contributed by atoms with E-state index in [1.54, 1.807) is 0 Å². The summed E-state index contributed by atoms with van der Waals surface area (Å²) in [5, 5.41) is 8.20. The molecule has 0 fully saturated rings. The first-order valence-corrected chi connectivity index (χ1v) is 3.56. The van der Waals surface area contributed by atoms with Crippen molar-refractivity contribution >= 4 is 5.97 Å². The fourth-order valence-electron chi connectivity index (χ4n) is 0.453. The molecule has 0 aromatic rings. The largest absolute Gasteiger partial charge is 0.478 e. The molecule has 0 saturated heterocycles. The third-order valence-electron chi connectivity index (χ3n) is 0.910. The number of carboxylic acid groups (broad SMARTS) is 1. The molecule has 13 heavy (non-hydrogen) atoms. The summed E-state index contributed by atoms with van der Waals surface area (Å²) in [5.74, 6) is 11.8. The molecule has 0 aromatic heterocycles. The van der Waals surface area contributed by atoms with Gasteiger partial charge >= 0.3 is 5.97 Å². The van der Waals surface area contributed by atoms with Gasteiger partial charge < -0.3 is 5.11 Å². The van der Waals surface area contributed by atoms with Gasteiger partial charge in [0, 0.05) is 12.5 Å². The Morgan fingerprint density at radius 3 is 2.69 bits per heavy atom. The maximum absolute atomic E-state index is 9.99. The third-order valence-corrected chi connectivity index (χ3v) is 0.910. The average Bonchev–Trinajstić information content (AvgIpc) is 2.09. The van der Waals surface area contributed by atoms with Crippen LogP contribution < -0.4 is 0 Å². The van der Waals surface area contributed by atoms with Crippen molar-refractivity contribution in [1.29, 1.82) is 0 Å². The number of carbonyl (C=O) groups is 1. The summed E-state index contributed by atoms with van der Waals surface area (Å²) in [6.07, 6.45) is 8.22. The monoisotopic (exact) mass is 172 g/mol. The normalized spacial score (nSPS) is 7.62. The highest BCUT2D eigenvalue weighted by atomic mass is 16.4. The van der Waals surface area contributed by atoms with E-state index in [1.165, 1.54) is 6.08 Å². The van der Waals surface area contributed by atoms with Crippen molar-refractivity contribution < 1.29 is 9.90 Å². The highest BCUT2D eigenvalue weighted by molar-refractivity contribution is 5.79. The van der Waals surface area contributed by atoms with Crippen LogP contribution in [0.15, 0.2) is 12.2 Å². The van der Waals surface area contributed by atoms with Crippen molar-refractivity contribution in [2.75, 3.05) is 0 Å². The van der Waals surface area contributed by atoms with Crippen LogP contribution in [0.1, 0.15) is 12.8 Å². The lowest BCUT2D eigenvalue weighted by Gasteiger charge is -1.75. The van der Waals surface area contributed by atoms with E-state index in [-0.39, 0.29) is 0 Å². The lowest BCUT2D eigenvalue weighted by atomic mass is 10.3. The van der Waals surface area contributed by atoms with Gasteiger partial charge in [-0.2, -0.15) is 0 Å². The number of terminal acetylenes is 1. The van der Waals surface area contributed by atoms with Crippen molar-refractivity contribution in [3.05, 3.63) is 12.2 Å². The van der Waals surface area contributed by atoms with E-state index in [0.717, 1.165) is 6.08 Å². The highest BCUT2D eigenvalue weighted by Gasteiger charge is 1.80. The molecule has 0 atom stereocenters. The van der Waals surface area contributed by atoms with Crippen molar-refractivity contribution in [3.63, 3.8) is 0 Å². The average molecular weight is 172 g/mol. The molecule has 0 aliphatic rings. The molecule has 0 saturated carbocycles. The van der Waals surface area contributed by atoms with Gasteiger partial charge in [-0.1, -0.05) is 23.8 Å². The lowest BCUT2D eigenvalue weighted by Crippen LogP contribution is -1.84. The number of allylic oxidation sites excluding steroid dienone is 1. The predicted molar refractivity (Wildman–Crippen MR) is 50.4 cm³/mol. The topological polar surface area (TPSA) is 37.3 Å². The fourth-order valence-corrected chi connectivity index (χ4v) is 0.453. The maximum Gasteiger partial charge on any atom is 0.328 e. The van der Waals surface area contributed by atoms with E-state index in [4.69, 9.17) is 11.5 Å². The predicted octanol–water partition coefficient (Wildman–Crippen LogP) is 1.05. The van der Waals surface area contributed by atoms with Gasteiger partial charge in [-0.3, -0.25) is 0 Å². The van der Waals surface area contributed by atoms with Gasteiger partial charge in [0.25, 0.3) is 0 Å². The molecule has 0 aromatic carbocycles. The molecule has 2 nitrogen and oxygen atoms in total. The molecule has 0 unspecified atom stereocenters. The number of hydrogen-bond acceptors (Lipinski definition) is 1. The second-order valence-corrected chi connectivity index (χ2v) is 1.93. The molecule has 0 amide bonds. The van der Waals surface area contributed by atoms with Crippen LogP contribution in [0.3, 0.4) is 0 Å². The minimum atomic E-state index is -0.972. The minimum absolute atomic E-state index is 0.386. The number of rotatable bonds is 2. The Labute approximate surface area is 77.7 Å². The van der Waals surface area contributed by atoms with Gasteiger partial charge in [0.2, 0.25) is 0 Å². The van der Waals surface area contributed by atoms with Crippen LogP contribution >= 0.6 is 0 Å². The van der Waals surface area contributed by atoms with E-state index in [1.807, 2.05) is 0 Å². The van der Waals surface area contributed by atoms with Crippen molar-refractivity contribution in [2.45, 2.75) is 12.8 Å². The smallest absolute Gasteiger partial charge is 0.328 e. The molecule has 2 heteroatoms. The second-order valence-electron chi connectivity index (χ2n) is 1.93. The maximum atomic E-state index is 9.99. The Balaban J connectivity index is 3.72. The molecule has 64 valence electrons. The molecule has 1 N–H and O–H groups in total. The molecular formula is C11H8O2. The van der Waals surface area contributed by atoms with Gasteiger partial charge in [-0.15, -0.1) is 6.42 Å². The number of hydrogen-bond donors (Lipinski definition) is 1. The van der Waals surface area contributed by atoms with Crippen molar-refractivity contribution in [2.24, 2.45) is 0 Å². The first-order chi connectivity index (χ1) is 6.27. The van der Waals surface area contributed by atoms with Crippen molar-refractivity contribution in [3.8, 4) is 36.0 Å². The number of carboxylic acids is 1. The molecule has 0 rings (SSSR count). The van der Waals surface area contributed by atoms with Gasteiger partial charge in [0.1, 0.15) is 0 Å². The minimum Gasteiger partial charge on any atom is -0.478 e. The highest BCUT2D eigenvalue weighted by Crippen LogP contribution is 1.79. The SMILES string of the molecule is C#CCC#CC#CC/C=C\C(=O)O. The molecule has 0 bridgehead atoms. The quantitative estimate of drug-likeness (QED) is 0.499. The molecule has 0 aliphatic heterocycles. The van der Waals surface area contributed by atoms with E-state index < -0.39 is 5.97 Å². The molecule has 0 aliphatic carbocycles. The van der Waals surface area contributed by atoms with Crippen LogP contribution in [-0.2, 0) is 4.79 Å². The molecule has 0 heterocycles. The summed E-state index contributed by atoms with van der Waals surface area (Å²) >= 11 is 0. The van der Waals surface area contributed by atoms with Crippen LogP contribution in [-0.4, -0.2) is 11.1 Å². The first-order valence-electron chi connectivity index (χ1n) is 3.56. The Hall–Kier alpha value is -2.11. The summed E-state index contributed by atoms with van der Waals surface area (Å²) < 4.78 is 0. The molecular weight excluding hydrogens is 164 g/mol. The van der Waals surface area contributed by atoms with Gasteiger partial charge in [-0.25, -0.2) is 4.79 Å². The van der Waals surface area contributed by atoms with E-state index in [0.29, 0.717) is 12.8 Å². The molecule has 0 spiro atoms. The van der Waals surface area contributed by atoms with Crippen molar-refractivity contribution in [1.82, 2.24) is 0 Å². The zero-order valence-corrected chi connectivity index (χ0v) is 7.00. The van der Waals surface area contributed by atoms with Gasteiger partial charge in [-0.05, 0) is 11.8 Å². The summed E-state index contributed by atoms with van der Waals surface area (Å²) in [6, 6.07) is 0. The standard InChI is InChI=1S/C11H8O2/c1-2-3-4-5-6-7-8-9-10-11(12)13/h1,9-10H,3,8H2,(H,12,13)/b10-9-. The summed E-state index contributed by atoms with van der Waals surface area (Å²) in [7, 11) is 0. The van der Waals surface area contributed by atoms with Crippen LogP contribution in [0.5, 0.6) is 0 Å². The first kappa shape index (κ1) is 10.9. The fraction of sp³-hybridized carbons (Fsp3) is 0.182. The Bertz CT molecular complexity index is 348. The van der Waals surface area contributed by atoms with E-state index in [9.17, 15) is 4.79 Å². The zero-order chi connectivity index (χ0) is 9.94. The second kappa shape index (κ2) is 7.99. The molecule has 0 radical (unpaired) electrons. The van der Waals surface area contributed by atoms with Crippen LogP contribution in [0, 0.1) is 36.0 Å². The van der Waals surface area contributed by atoms with Gasteiger partial charge in [0.15, 0.2) is 0 Å². The zero-order valence-electron chi connectivity index (χ0n) is 7.00. The van der Waals surface area contributed by atoms with E-state index >= 15 is 0 Å². The van der Waals surface area contributed by atoms with Crippen LogP contribution in [0.2, 0.25) is 0 Å². The number of aliphatic carboxylic acids is 1. The van der Waals surface area contributed by atoms with Crippen LogP contribution in [0.4, 0.5) is 0 Å². The third kappa shape index (κ3) is 9.89. The van der Waals surface area contributed by atoms with Crippen LogP contribution in [0.25, 0.3) is 0 Å². The Morgan fingerprint density at radius 2 is 2.08 bits per heavy atom. The summed E-state index contributed by atoms with van der Waals surface area (Å²) in [4.78, 5) is 9.99. The van der Waals surface area contributed by atoms with E-state index in [2.05, 4.69) is 29.6 Å². The summed E-state index contributed by atoms with van der Waals surface area (Å²) in [5.41, 5.74) is 0. The Morgan fingerprint density at radius 1 is 1.38 bits per heavy atom. The Kier molecular flexibility index (Phi) is 6.69. The lowest BCUT2D eigenvalue weighted by molar-refractivity contribution is -0.131. The summed E-state index contributed by atoms with van der Waals surface area (Å²) in [6.45, 7) is 0.